The van der Waals surface area contributed by atoms with Gasteiger partial charge in [-0.2, -0.15) is 5.10 Å². The minimum absolute atomic E-state index is 0.0351. The second-order valence-corrected chi connectivity index (χ2v) is 7.13. The van der Waals surface area contributed by atoms with E-state index in [0.717, 1.165) is 22.4 Å². The molecule has 1 atom stereocenters. The lowest BCUT2D eigenvalue weighted by atomic mass is 9.97. The zero-order valence-corrected chi connectivity index (χ0v) is 16.3. The van der Waals surface area contributed by atoms with E-state index in [0.29, 0.717) is 0 Å². The van der Waals surface area contributed by atoms with Gasteiger partial charge in [0.15, 0.2) is 0 Å². The molecule has 0 saturated carbocycles. The summed E-state index contributed by atoms with van der Waals surface area (Å²) in [6, 6.07) is 28.0. The van der Waals surface area contributed by atoms with E-state index in [1.54, 1.807) is 10.9 Å². The lowest BCUT2D eigenvalue weighted by Crippen LogP contribution is -2.30. The number of rotatable bonds is 6. The molecule has 4 heteroatoms. The van der Waals surface area contributed by atoms with Gasteiger partial charge < -0.3 is 5.32 Å². The molecule has 0 aliphatic carbocycles. The average Bonchev–Trinajstić information content (AvgIpc) is 3.22. The molecular weight excluding hydrogens is 358 g/mol. The van der Waals surface area contributed by atoms with E-state index < -0.39 is 0 Å². The number of nitrogens with one attached hydrogen (secondary N) is 1. The van der Waals surface area contributed by atoms with Crippen LogP contribution in [0.3, 0.4) is 0 Å². The summed E-state index contributed by atoms with van der Waals surface area (Å²) in [7, 11) is 0. The second kappa shape index (κ2) is 8.57. The second-order valence-electron chi connectivity index (χ2n) is 7.13. The number of amides is 1. The highest BCUT2D eigenvalue weighted by Gasteiger charge is 2.17. The Labute approximate surface area is 170 Å². The Kier molecular flexibility index (Phi) is 5.52. The maximum absolute atomic E-state index is 12.8. The van der Waals surface area contributed by atoms with Gasteiger partial charge in [-0.3, -0.25) is 4.79 Å². The van der Waals surface area contributed by atoms with Crippen molar-refractivity contribution in [3.8, 4) is 5.69 Å². The van der Waals surface area contributed by atoms with Gasteiger partial charge in [0, 0.05) is 6.20 Å². The number of aryl methyl sites for hydroxylation is 1. The van der Waals surface area contributed by atoms with Gasteiger partial charge in [0.1, 0.15) is 0 Å². The molecule has 4 nitrogen and oxygen atoms in total. The highest BCUT2D eigenvalue weighted by Crippen LogP contribution is 2.22. The van der Waals surface area contributed by atoms with Crippen LogP contribution in [0.1, 0.15) is 28.3 Å². The topological polar surface area (TPSA) is 46.9 Å². The Hall–Kier alpha value is -3.66. The van der Waals surface area contributed by atoms with Crippen LogP contribution in [0.2, 0.25) is 0 Å². The summed E-state index contributed by atoms with van der Waals surface area (Å²) in [6.07, 6.45) is 3.93. The molecule has 1 amide bonds. The summed E-state index contributed by atoms with van der Waals surface area (Å²) in [4.78, 5) is 12.8. The molecule has 1 aromatic heterocycles. The minimum atomic E-state index is -0.187. The fourth-order valence-electron chi connectivity index (χ4n) is 3.33. The predicted molar refractivity (Wildman–Crippen MR) is 115 cm³/mol. The number of hydrogen-bond acceptors (Lipinski definition) is 2. The van der Waals surface area contributed by atoms with Gasteiger partial charge in [-0.05, 0) is 35.7 Å². The third-order valence-electron chi connectivity index (χ3n) is 4.87. The first-order valence-electron chi connectivity index (χ1n) is 9.69. The summed E-state index contributed by atoms with van der Waals surface area (Å²) >= 11 is 0. The van der Waals surface area contributed by atoms with Gasteiger partial charge in [0.2, 0.25) is 5.91 Å². The van der Waals surface area contributed by atoms with Crippen molar-refractivity contribution >= 4 is 5.91 Å². The zero-order chi connectivity index (χ0) is 20.1. The standard InChI is InChI=1S/C25H23N3O/c1-19-12-14-22(15-13-19)25(21-8-4-2-5-9-21)27-24(29)16-20-17-26-28(18-20)23-10-6-3-7-11-23/h2-15,17-18,25H,16H2,1H3,(H,27,29)/t25-/m1/s1. The largest absolute Gasteiger partial charge is 0.345 e. The van der Waals surface area contributed by atoms with Gasteiger partial charge in [0.25, 0.3) is 0 Å². The predicted octanol–water partition coefficient (Wildman–Crippen LogP) is 4.63. The van der Waals surface area contributed by atoms with Crippen LogP contribution in [-0.2, 0) is 11.2 Å². The van der Waals surface area contributed by atoms with Crippen molar-refractivity contribution in [3.63, 3.8) is 0 Å². The quantitative estimate of drug-likeness (QED) is 0.529. The molecule has 0 aliphatic rings. The van der Waals surface area contributed by atoms with Crippen molar-refractivity contribution < 1.29 is 4.79 Å². The lowest BCUT2D eigenvalue weighted by molar-refractivity contribution is -0.120. The molecule has 0 fully saturated rings. The average molecular weight is 381 g/mol. The number of carbonyl (C=O) groups is 1. The molecule has 0 unspecified atom stereocenters. The molecule has 1 N–H and O–H groups in total. The summed E-state index contributed by atoms with van der Waals surface area (Å²) in [6.45, 7) is 2.06. The Morgan fingerprint density at radius 3 is 2.21 bits per heavy atom. The number of para-hydroxylation sites is 1. The minimum Gasteiger partial charge on any atom is -0.345 e. The first-order valence-corrected chi connectivity index (χ1v) is 9.69. The third-order valence-corrected chi connectivity index (χ3v) is 4.87. The van der Waals surface area contributed by atoms with E-state index in [4.69, 9.17) is 0 Å². The van der Waals surface area contributed by atoms with Crippen LogP contribution in [0.4, 0.5) is 0 Å². The highest BCUT2D eigenvalue weighted by molar-refractivity contribution is 5.79. The summed E-state index contributed by atoms with van der Waals surface area (Å²) in [5.41, 5.74) is 5.17. The Bertz CT molecular complexity index is 1070. The van der Waals surface area contributed by atoms with E-state index in [-0.39, 0.29) is 18.4 Å². The van der Waals surface area contributed by atoms with Crippen LogP contribution in [-0.4, -0.2) is 15.7 Å². The highest BCUT2D eigenvalue weighted by atomic mass is 16.1. The summed E-state index contributed by atoms with van der Waals surface area (Å²) in [5, 5.41) is 7.57. The SMILES string of the molecule is Cc1ccc([C@H](NC(=O)Cc2cnn(-c3ccccc3)c2)c2ccccc2)cc1. The molecule has 1 heterocycles. The molecular formula is C25H23N3O. The van der Waals surface area contributed by atoms with Crippen molar-refractivity contribution in [1.82, 2.24) is 15.1 Å². The van der Waals surface area contributed by atoms with Crippen molar-refractivity contribution in [2.24, 2.45) is 0 Å². The number of carbonyl (C=O) groups excluding carboxylic acids is 1. The van der Waals surface area contributed by atoms with Gasteiger partial charge in [0.05, 0.1) is 24.3 Å². The van der Waals surface area contributed by atoms with E-state index in [2.05, 4.69) is 41.6 Å². The fraction of sp³-hybridized carbons (Fsp3) is 0.120. The molecule has 3 aromatic carbocycles. The van der Waals surface area contributed by atoms with Crippen LogP contribution in [0.15, 0.2) is 97.3 Å². The van der Waals surface area contributed by atoms with Gasteiger partial charge in [-0.1, -0.05) is 78.4 Å². The maximum Gasteiger partial charge on any atom is 0.225 e. The van der Waals surface area contributed by atoms with Crippen LogP contribution in [0.5, 0.6) is 0 Å². The Morgan fingerprint density at radius 1 is 0.897 bits per heavy atom. The zero-order valence-electron chi connectivity index (χ0n) is 16.3. The normalized spacial score (nSPS) is 11.8. The monoisotopic (exact) mass is 381 g/mol. The van der Waals surface area contributed by atoms with Crippen molar-refractivity contribution in [2.75, 3.05) is 0 Å². The number of aromatic nitrogens is 2. The van der Waals surface area contributed by atoms with Crippen LogP contribution in [0.25, 0.3) is 5.69 Å². The molecule has 4 rings (SSSR count). The first kappa shape index (κ1) is 18.7. The van der Waals surface area contributed by atoms with Gasteiger partial charge in [-0.25, -0.2) is 4.68 Å². The number of nitrogens with zero attached hydrogens (tertiary/aromatic N) is 2. The summed E-state index contributed by atoms with van der Waals surface area (Å²) < 4.78 is 1.79. The van der Waals surface area contributed by atoms with Crippen LogP contribution in [0, 0.1) is 6.92 Å². The molecule has 144 valence electrons. The van der Waals surface area contributed by atoms with Crippen molar-refractivity contribution in [1.29, 1.82) is 0 Å². The van der Waals surface area contributed by atoms with Crippen molar-refractivity contribution in [2.45, 2.75) is 19.4 Å². The van der Waals surface area contributed by atoms with E-state index >= 15 is 0 Å². The fourth-order valence-corrected chi connectivity index (χ4v) is 3.33. The molecule has 29 heavy (non-hydrogen) atoms. The molecule has 0 aliphatic heterocycles. The smallest absolute Gasteiger partial charge is 0.225 e. The van der Waals surface area contributed by atoms with E-state index in [9.17, 15) is 4.79 Å². The van der Waals surface area contributed by atoms with E-state index in [1.807, 2.05) is 66.9 Å². The number of hydrogen-bond donors (Lipinski definition) is 1. The molecule has 0 spiro atoms. The van der Waals surface area contributed by atoms with E-state index in [1.165, 1.54) is 5.56 Å². The summed E-state index contributed by atoms with van der Waals surface area (Å²) in [5.74, 6) is -0.0351. The molecule has 0 bridgehead atoms. The maximum atomic E-state index is 12.8. The molecule has 0 saturated heterocycles. The molecule has 4 aromatic rings. The van der Waals surface area contributed by atoms with Gasteiger partial charge in [-0.15, -0.1) is 0 Å². The van der Waals surface area contributed by atoms with Gasteiger partial charge >= 0.3 is 0 Å². The third kappa shape index (κ3) is 4.61. The first-order chi connectivity index (χ1) is 14.2. The Morgan fingerprint density at radius 2 is 1.52 bits per heavy atom. The Balaban J connectivity index is 1.51. The van der Waals surface area contributed by atoms with Crippen LogP contribution < -0.4 is 5.32 Å². The lowest BCUT2D eigenvalue weighted by Gasteiger charge is -2.20. The van der Waals surface area contributed by atoms with Crippen LogP contribution >= 0.6 is 0 Å². The van der Waals surface area contributed by atoms with Crippen molar-refractivity contribution in [3.05, 3.63) is 120 Å². The number of benzene rings is 3. The molecule has 0 radical (unpaired) electrons.